The molecule has 1 heterocycles. The molecule has 0 aliphatic heterocycles. The highest BCUT2D eigenvalue weighted by molar-refractivity contribution is 5.85. The molecular formula is C15H22N2O. The van der Waals surface area contributed by atoms with Gasteiger partial charge in [-0.3, -0.25) is 0 Å². The zero-order valence-electron chi connectivity index (χ0n) is 11.7. The summed E-state index contributed by atoms with van der Waals surface area (Å²) in [5, 5.41) is 1.28. The molecular weight excluding hydrogens is 224 g/mol. The van der Waals surface area contributed by atoms with E-state index in [9.17, 15) is 0 Å². The largest absolute Gasteiger partial charge is 0.497 e. The van der Waals surface area contributed by atoms with Crippen LogP contribution in [-0.4, -0.2) is 37.6 Å². The molecule has 0 aliphatic carbocycles. The maximum Gasteiger partial charge on any atom is 0.119 e. The van der Waals surface area contributed by atoms with Crippen LogP contribution in [0.2, 0.25) is 0 Å². The number of hydrogen-bond donors (Lipinski definition) is 1. The summed E-state index contributed by atoms with van der Waals surface area (Å²) in [5.74, 6) is 1.48. The van der Waals surface area contributed by atoms with Crippen molar-refractivity contribution in [2.75, 3.05) is 27.7 Å². The molecule has 3 heteroatoms. The predicted octanol–water partition coefficient (Wildman–Crippen LogP) is 3.23. The fraction of sp³-hybridized carbons (Fsp3) is 0.467. The van der Waals surface area contributed by atoms with Gasteiger partial charge < -0.3 is 14.6 Å². The molecule has 0 fully saturated rings. The number of aromatic amines is 1. The summed E-state index contributed by atoms with van der Waals surface area (Å²) >= 11 is 0. The van der Waals surface area contributed by atoms with Crippen LogP contribution in [0.1, 0.15) is 24.8 Å². The molecule has 1 unspecified atom stereocenters. The minimum absolute atomic E-state index is 0.556. The van der Waals surface area contributed by atoms with E-state index in [4.69, 9.17) is 4.74 Å². The standard InChI is InChI=1S/C15H22N2O/c1-5-11(10-17(2)3)14-9-16-15-7-6-12(18-4)8-13(14)15/h6-9,11,16H,5,10H2,1-4H3. The summed E-state index contributed by atoms with van der Waals surface area (Å²) in [6, 6.07) is 6.20. The van der Waals surface area contributed by atoms with Crippen molar-refractivity contribution in [3.05, 3.63) is 30.0 Å². The lowest BCUT2D eigenvalue weighted by Gasteiger charge is -2.19. The summed E-state index contributed by atoms with van der Waals surface area (Å²) in [6.45, 7) is 3.31. The molecule has 1 aromatic carbocycles. The van der Waals surface area contributed by atoms with Crippen molar-refractivity contribution in [1.29, 1.82) is 0 Å². The van der Waals surface area contributed by atoms with Crippen molar-refractivity contribution in [3.8, 4) is 5.75 Å². The summed E-state index contributed by atoms with van der Waals surface area (Å²) in [7, 11) is 5.96. The molecule has 0 aliphatic rings. The van der Waals surface area contributed by atoms with Crippen LogP contribution in [0.25, 0.3) is 10.9 Å². The smallest absolute Gasteiger partial charge is 0.119 e. The number of nitrogens with zero attached hydrogens (tertiary/aromatic N) is 1. The fourth-order valence-corrected chi connectivity index (χ4v) is 2.47. The Hall–Kier alpha value is -1.48. The summed E-state index contributed by atoms with van der Waals surface area (Å²) in [5.41, 5.74) is 2.57. The summed E-state index contributed by atoms with van der Waals surface area (Å²) in [4.78, 5) is 5.60. The molecule has 1 atom stereocenters. The monoisotopic (exact) mass is 246 g/mol. The van der Waals surface area contributed by atoms with Crippen LogP contribution in [0.3, 0.4) is 0 Å². The van der Waals surface area contributed by atoms with E-state index in [2.05, 4.69) is 49.2 Å². The third-order valence-corrected chi connectivity index (χ3v) is 3.44. The molecule has 18 heavy (non-hydrogen) atoms. The molecule has 1 N–H and O–H groups in total. The second-order valence-electron chi connectivity index (χ2n) is 5.02. The molecule has 0 saturated carbocycles. The Balaban J connectivity index is 2.42. The van der Waals surface area contributed by atoms with E-state index in [0.717, 1.165) is 18.7 Å². The minimum Gasteiger partial charge on any atom is -0.497 e. The zero-order chi connectivity index (χ0) is 13.1. The van der Waals surface area contributed by atoms with Gasteiger partial charge in [-0.25, -0.2) is 0 Å². The Morgan fingerprint density at radius 3 is 2.72 bits per heavy atom. The van der Waals surface area contributed by atoms with Crippen LogP contribution in [-0.2, 0) is 0 Å². The van der Waals surface area contributed by atoms with Crippen LogP contribution >= 0.6 is 0 Å². The Bertz CT molecular complexity index is 516. The second kappa shape index (κ2) is 5.44. The number of methoxy groups -OCH3 is 1. The van der Waals surface area contributed by atoms with Gasteiger partial charge in [0.15, 0.2) is 0 Å². The summed E-state index contributed by atoms with van der Waals surface area (Å²) in [6.07, 6.45) is 3.28. The van der Waals surface area contributed by atoms with E-state index in [1.54, 1.807) is 7.11 Å². The van der Waals surface area contributed by atoms with Gasteiger partial charge in [0.25, 0.3) is 0 Å². The summed E-state index contributed by atoms with van der Waals surface area (Å²) < 4.78 is 5.32. The van der Waals surface area contributed by atoms with Gasteiger partial charge in [-0.1, -0.05) is 6.92 Å². The van der Waals surface area contributed by atoms with Crippen molar-refractivity contribution < 1.29 is 4.74 Å². The quantitative estimate of drug-likeness (QED) is 0.877. The van der Waals surface area contributed by atoms with Gasteiger partial charge in [-0.15, -0.1) is 0 Å². The number of fused-ring (bicyclic) bond motifs is 1. The average molecular weight is 246 g/mol. The van der Waals surface area contributed by atoms with Crippen molar-refractivity contribution in [3.63, 3.8) is 0 Å². The third kappa shape index (κ3) is 2.51. The SMILES string of the molecule is CCC(CN(C)C)c1c[nH]c2ccc(OC)cc12. The molecule has 2 rings (SSSR count). The van der Waals surface area contributed by atoms with Crippen LogP contribution in [0.15, 0.2) is 24.4 Å². The molecule has 2 aromatic rings. The molecule has 98 valence electrons. The first kappa shape index (κ1) is 13.0. The first-order valence-corrected chi connectivity index (χ1v) is 6.45. The first-order valence-electron chi connectivity index (χ1n) is 6.45. The highest BCUT2D eigenvalue weighted by Gasteiger charge is 2.15. The van der Waals surface area contributed by atoms with Gasteiger partial charge in [-0.05, 0) is 50.2 Å². The van der Waals surface area contributed by atoms with Gasteiger partial charge in [0.1, 0.15) is 5.75 Å². The molecule has 0 radical (unpaired) electrons. The van der Waals surface area contributed by atoms with E-state index in [-0.39, 0.29) is 0 Å². The maximum atomic E-state index is 5.32. The van der Waals surface area contributed by atoms with Crippen LogP contribution in [0, 0.1) is 0 Å². The van der Waals surface area contributed by atoms with Crippen LogP contribution < -0.4 is 4.74 Å². The Kier molecular flexibility index (Phi) is 3.92. The molecule has 0 amide bonds. The number of benzene rings is 1. The van der Waals surface area contributed by atoms with Gasteiger partial charge in [0, 0.05) is 23.6 Å². The van der Waals surface area contributed by atoms with E-state index in [1.165, 1.54) is 16.5 Å². The highest BCUT2D eigenvalue weighted by atomic mass is 16.5. The lowest BCUT2D eigenvalue weighted by atomic mass is 9.95. The molecule has 0 spiro atoms. The van der Waals surface area contributed by atoms with Gasteiger partial charge in [-0.2, -0.15) is 0 Å². The van der Waals surface area contributed by atoms with Crippen LogP contribution in [0.5, 0.6) is 5.75 Å². The molecule has 0 bridgehead atoms. The topological polar surface area (TPSA) is 28.3 Å². The van der Waals surface area contributed by atoms with Crippen molar-refractivity contribution >= 4 is 10.9 Å². The Labute approximate surface area is 109 Å². The Morgan fingerprint density at radius 2 is 2.11 bits per heavy atom. The Morgan fingerprint density at radius 1 is 1.33 bits per heavy atom. The van der Waals surface area contributed by atoms with E-state index >= 15 is 0 Å². The lowest BCUT2D eigenvalue weighted by molar-refractivity contribution is 0.369. The second-order valence-corrected chi connectivity index (χ2v) is 5.02. The lowest BCUT2D eigenvalue weighted by Crippen LogP contribution is -2.19. The molecule has 3 nitrogen and oxygen atoms in total. The third-order valence-electron chi connectivity index (χ3n) is 3.44. The average Bonchev–Trinajstić information content (AvgIpc) is 2.78. The van der Waals surface area contributed by atoms with Gasteiger partial charge in [0.05, 0.1) is 7.11 Å². The van der Waals surface area contributed by atoms with Gasteiger partial charge in [0.2, 0.25) is 0 Å². The normalized spacial score (nSPS) is 13.2. The number of ether oxygens (including phenoxy) is 1. The van der Waals surface area contributed by atoms with E-state index in [0.29, 0.717) is 5.92 Å². The van der Waals surface area contributed by atoms with Crippen LogP contribution in [0.4, 0.5) is 0 Å². The molecule has 1 aromatic heterocycles. The number of nitrogens with one attached hydrogen (secondary N) is 1. The zero-order valence-corrected chi connectivity index (χ0v) is 11.7. The predicted molar refractivity (Wildman–Crippen MR) is 76.4 cm³/mol. The maximum absolute atomic E-state index is 5.32. The molecule has 0 saturated heterocycles. The highest BCUT2D eigenvalue weighted by Crippen LogP contribution is 2.30. The van der Waals surface area contributed by atoms with E-state index < -0.39 is 0 Å². The number of aromatic nitrogens is 1. The number of likely N-dealkylation sites (N-methyl/N-ethyl adjacent to an activating group) is 1. The van der Waals surface area contributed by atoms with Crippen molar-refractivity contribution in [2.24, 2.45) is 0 Å². The fourth-order valence-electron chi connectivity index (χ4n) is 2.47. The minimum atomic E-state index is 0.556. The number of hydrogen-bond acceptors (Lipinski definition) is 2. The number of H-pyrrole nitrogens is 1. The first-order chi connectivity index (χ1) is 8.65. The van der Waals surface area contributed by atoms with Gasteiger partial charge >= 0.3 is 0 Å². The number of rotatable bonds is 5. The van der Waals surface area contributed by atoms with E-state index in [1.807, 2.05) is 6.07 Å². The van der Waals surface area contributed by atoms with Crippen molar-refractivity contribution in [2.45, 2.75) is 19.3 Å². The van der Waals surface area contributed by atoms with Crippen molar-refractivity contribution in [1.82, 2.24) is 9.88 Å².